The van der Waals surface area contributed by atoms with Crippen LogP contribution in [0.4, 0.5) is 0 Å². The molecule has 1 aromatic rings. The van der Waals surface area contributed by atoms with E-state index in [1.165, 1.54) is 55.4 Å². The van der Waals surface area contributed by atoms with Gasteiger partial charge in [0.25, 0.3) is 0 Å². The Bertz CT molecular complexity index is 1620. The molecule has 0 radical (unpaired) electrons. The van der Waals surface area contributed by atoms with Crippen molar-refractivity contribution in [2.45, 2.75) is 187 Å². The van der Waals surface area contributed by atoms with Gasteiger partial charge in [-0.3, -0.25) is 18.6 Å². The van der Waals surface area contributed by atoms with Crippen molar-refractivity contribution in [3.63, 3.8) is 0 Å². The molecular formula is C52H87NO10P+. The van der Waals surface area contributed by atoms with Gasteiger partial charge in [0.1, 0.15) is 31.3 Å². The second-order valence-corrected chi connectivity index (χ2v) is 19.5. The first-order valence-corrected chi connectivity index (χ1v) is 26.0. The Kier molecular flexibility index (Phi) is 30.6. The molecule has 2 rings (SSSR count). The zero-order chi connectivity index (χ0) is 46.9. The number of carbonyl (C=O) groups is 2. The number of furan rings is 1. The van der Waals surface area contributed by atoms with Crippen LogP contribution in [0.5, 0.6) is 0 Å². The number of phosphoric acid groups is 1. The summed E-state index contributed by atoms with van der Waals surface area (Å²) in [5, 5.41) is 0. The summed E-state index contributed by atoms with van der Waals surface area (Å²) in [7, 11) is 1.40. The van der Waals surface area contributed by atoms with Gasteiger partial charge in [0.05, 0.1) is 40.0 Å². The Labute approximate surface area is 387 Å². The summed E-state index contributed by atoms with van der Waals surface area (Å²) in [6.07, 6.45) is 41.5. The number of allylic oxidation sites excluding steroid dienone is 8. The quantitative estimate of drug-likeness (QED) is 0.0170. The zero-order valence-electron chi connectivity index (χ0n) is 40.9. The van der Waals surface area contributed by atoms with Crippen molar-refractivity contribution >= 4 is 19.8 Å². The van der Waals surface area contributed by atoms with Crippen LogP contribution in [0.2, 0.25) is 0 Å². The number of esters is 2. The molecule has 1 aromatic heterocycles. The van der Waals surface area contributed by atoms with Crippen molar-refractivity contribution in [3.05, 3.63) is 83.4 Å². The van der Waals surface area contributed by atoms with Crippen LogP contribution in [-0.2, 0) is 50.3 Å². The molecule has 1 saturated heterocycles. The molecule has 0 spiro atoms. The number of ether oxygens (including phenoxy) is 3. The molecule has 4 atom stereocenters. The number of aryl methyl sites for hydroxylation is 2. The highest BCUT2D eigenvalue weighted by Crippen LogP contribution is 2.43. The number of quaternary nitrogens is 1. The van der Waals surface area contributed by atoms with Gasteiger partial charge in [-0.2, -0.15) is 0 Å². The minimum atomic E-state index is -4.42. The van der Waals surface area contributed by atoms with Crippen LogP contribution >= 0.6 is 7.82 Å². The number of nitrogens with zero attached hydrogens (tertiary/aromatic N) is 1. The molecule has 64 heavy (non-hydrogen) atoms. The summed E-state index contributed by atoms with van der Waals surface area (Å²) in [4.78, 5) is 35.6. The lowest BCUT2D eigenvalue weighted by Crippen LogP contribution is -2.37. The van der Waals surface area contributed by atoms with Gasteiger partial charge >= 0.3 is 19.8 Å². The fourth-order valence-electron chi connectivity index (χ4n) is 6.97. The second-order valence-electron chi connectivity index (χ2n) is 18.1. The summed E-state index contributed by atoms with van der Waals surface area (Å²) in [6, 6.07) is 0. The van der Waals surface area contributed by atoms with Crippen LogP contribution in [0.3, 0.4) is 0 Å². The average molecular weight is 917 g/mol. The normalized spacial score (nSPS) is 17.1. The highest BCUT2D eigenvalue weighted by atomic mass is 31.2. The summed E-state index contributed by atoms with van der Waals surface area (Å²) in [5.74, 6) is 1.41. The van der Waals surface area contributed by atoms with Crippen molar-refractivity contribution < 1.29 is 51.2 Å². The Balaban J connectivity index is 1.64. The number of hydrogen-bond donors (Lipinski definition) is 1. The maximum absolute atomic E-state index is 12.7. The smallest absolute Gasteiger partial charge is 0.466 e. The van der Waals surface area contributed by atoms with Crippen LogP contribution in [0.1, 0.15) is 165 Å². The molecule has 0 aromatic carbocycles. The third kappa shape index (κ3) is 29.5. The molecule has 1 aliphatic rings. The number of phosphoric ester groups is 1. The number of unbranched alkanes of at least 4 members (excludes halogenated alkanes) is 9. The first-order chi connectivity index (χ1) is 30.7. The molecule has 1 N–H and O–H groups in total. The topological polar surface area (TPSA) is 134 Å². The van der Waals surface area contributed by atoms with E-state index in [2.05, 4.69) is 76.3 Å². The molecule has 12 heteroatoms. The molecule has 0 aliphatic carbocycles. The number of epoxide rings is 1. The van der Waals surface area contributed by atoms with Crippen molar-refractivity contribution in [3.8, 4) is 0 Å². The second kappa shape index (κ2) is 34.3. The average Bonchev–Trinajstić information content (AvgIpc) is 3.94. The van der Waals surface area contributed by atoms with Crippen LogP contribution in [-0.4, -0.2) is 87.1 Å². The largest absolute Gasteiger partial charge is 0.472 e. The Hall–Kier alpha value is -3.05. The minimum absolute atomic E-state index is 0.00681. The molecule has 364 valence electrons. The number of rotatable bonds is 39. The van der Waals surface area contributed by atoms with Crippen molar-refractivity contribution in [1.82, 2.24) is 0 Å². The summed E-state index contributed by atoms with van der Waals surface area (Å²) < 4.78 is 46.3. The van der Waals surface area contributed by atoms with Gasteiger partial charge in [-0.15, -0.1) is 0 Å². The zero-order valence-corrected chi connectivity index (χ0v) is 41.8. The maximum Gasteiger partial charge on any atom is 0.472 e. The molecule has 2 heterocycles. The third-order valence-corrected chi connectivity index (χ3v) is 12.2. The Morgan fingerprint density at radius 2 is 1.20 bits per heavy atom. The summed E-state index contributed by atoms with van der Waals surface area (Å²) in [5.41, 5.74) is 2.65. The minimum Gasteiger partial charge on any atom is -0.466 e. The van der Waals surface area contributed by atoms with Gasteiger partial charge in [0.2, 0.25) is 0 Å². The maximum atomic E-state index is 12.7. The van der Waals surface area contributed by atoms with E-state index in [4.69, 9.17) is 27.7 Å². The van der Waals surface area contributed by atoms with Gasteiger partial charge in [-0.25, -0.2) is 4.57 Å². The molecule has 1 fully saturated rings. The van der Waals surface area contributed by atoms with E-state index in [1.807, 2.05) is 33.3 Å². The van der Waals surface area contributed by atoms with E-state index in [0.29, 0.717) is 36.1 Å². The summed E-state index contributed by atoms with van der Waals surface area (Å²) in [6.45, 7) is 8.51. The monoisotopic (exact) mass is 917 g/mol. The fraction of sp³-hybridized carbons (Fsp3) is 0.692. The lowest BCUT2D eigenvalue weighted by Gasteiger charge is -2.24. The van der Waals surface area contributed by atoms with Gasteiger partial charge in [-0.05, 0) is 89.2 Å². The van der Waals surface area contributed by atoms with E-state index in [1.54, 1.807) is 0 Å². The van der Waals surface area contributed by atoms with E-state index < -0.39 is 32.5 Å². The molecule has 0 amide bonds. The number of carbonyl (C=O) groups excluding carboxylic acids is 2. The van der Waals surface area contributed by atoms with Gasteiger partial charge in [0.15, 0.2) is 6.10 Å². The van der Waals surface area contributed by atoms with Gasteiger partial charge in [0, 0.05) is 25.7 Å². The molecule has 1 aliphatic heterocycles. The molecule has 0 saturated carbocycles. The predicted molar refractivity (Wildman–Crippen MR) is 259 cm³/mol. The number of hydrogen-bond acceptors (Lipinski definition) is 9. The standard InChI is InChI=1S/C52H86NO10P/c1-8-10-28-34-47-44(3)45(4)48(62-47)35-30-24-20-18-19-22-26-32-38-51(54)58-42-46(43-60-64(56,57)59-41-40-53(5,6)7)61-52(55)39-33-27-23-17-15-13-12-14-16-21-25-31-37-50-49(63-50)36-29-11-9-2/h11,13-16,23,25,27,29,31,46,49-50H,8-10,12,17-22,24,26,28,30,32-43H2,1-7H3/p+1/b15-13-,16-14-,27-23-,29-11-,31-25-/t46-,49?,50?/m1/s1. The van der Waals surface area contributed by atoms with Gasteiger partial charge in [-0.1, -0.05) is 126 Å². The lowest BCUT2D eigenvalue weighted by atomic mass is 10.0. The highest BCUT2D eigenvalue weighted by Gasteiger charge is 2.36. The van der Waals surface area contributed by atoms with Gasteiger partial charge < -0.3 is 28.0 Å². The predicted octanol–water partition coefficient (Wildman–Crippen LogP) is 12.7. The van der Waals surface area contributed by atoms with Crippen LogP contribution in [0.15, 0.2) is 65.2 Å². The first-order valence-electron chi connectivity index (χ1n) is 24.5. The summed E-state index contributed by atoms with van der Waals surface area (Å²) >= 11 is 0. The van der Waals surface area contributed by atoms with E-state index >= 15 is 0 Å². The van der Waals surface area contributed by atoms with Crippen LogP contribution < -0.4 is 0 Å². The number of likely N-dealkylation sites (N-methyl/N-ethyl adjacent to an activating group) is 1. The van der Waals surface area contributed by atoms with Crippen molar-refractivity contribution in [1.29, 1.82) is 0 Å². The van der Waals surface area contributed by atoms with Crippen molar-refractivity contribution in [2.75, 3.05) is 47.5 Å². The highest BCUT2D eigenvalue weighted by molar-refractivity contribution is 7.47. The lowest BCUT2D eigenvalue weighted by molar-refractivity contribution is -0.870. The molecule has 0 bridgehead atoms. The van der Waals surface area contributed by atoms with E-state index in [9.17, 15) is 19.0 Å². The third-order valence-electron chi connectivity index (χ3n) is 11.2. The van der Waals surface area contributed by atoms with E-state index in [0.717, 1.165) is 82.8 Å². The molecular weight excluding hydrogens is 830 g/mol. The van der Waals surface area contributed by atoms with Crippen LogP contribution in [0.25, 0.3) is 0 Å². The SMILES string of the molecule is CC/C=C\CC1OC1C/C=C\C/C=C\C/C=C\C/C=C\CCC(=O)O[C@H](COC(=O)CCCCCCCCCCc1oc(CCCCC)c(C)c1C)COP(=O)(O)OCC[N+](C)(C)C. The molecule has 3 unspecified atom stereocenters. The molecule has 11 nitrogen and oxygen atoms in total. The van der Waals surface area contributed by atoms with Crippen LogP contribution in [0, 0.1) is 13.8 Å². The Morgan fingerprint density at radius 3 is 1.78 bits per heavy atom. The first kappa shape index (κ1) is 57.1. The van der Waals surface area contributed by atoms with E-state index in [-0.39, 0.29) is 26.1 Å². The fourth-order valence-corrected chi connectivity index (χ4v) is 7.71. The van der Waals surface area contributed by atoms with Crippen molar-refractivity contribution in [2.24, 2.45) is 0 Å². The Morgan fingerprint density at radius 1 is 0.672 bits per heavy atom.